The molecule has 4 nitrogen and oxygen atoms in total. The Bertz CT molecular complexity index is 857. The van der Waals surface area contributed by atoms with Crippen molar-refractivity contribution < 1.29 is 13.6 Å². The highest BCUT2D eigenvalue weighted by Crippen LogP contribution is 2.21. The summed E-state index contributed by atoms with van der Waals surface area (Å²) < 4.78 is 28.0. The van der Waals surface area contributed by atoms with Gasteiger partial charge in [0.15, 0.2) is 0 Å². The maximum absolute atomic E-state index is 13.2. The highest BCUT2D eigenvalue weighted by atomic mass is 19.1. The zero-order chi connectivity index (χ0) is 17.8. The molecule has 0 saturated heterocycles. The Morgan fingerprint density at radius 2 is 1.68 bits per heavy atom. The first kappa shape index (κ1) is 16.8. The minimum atomic E-state index is -0.506. The van der Waals surface area contributed by atoms with E-state index in [4.69, 9.17) is 0 Å². The summed E-state index contributed by atoms with van der Waals surface area (Å²) in [6, 6.07) is 11.2. The smallest absolute Gasteiger partial charge is 0.225 e. The van der Waals surface area contributed by atoms with Crippen LogP contribution < -0.4 is 5.32 Å². The molecule has 1 aromatic heterocycles. The summed E-state index contributed by atoms with van der Waals surface area (Å²) in [6.07, 6.45) is 3.53. The van der Waals surface area contributed by atoms with Gasteiger partial charge in [0.1, 0.15) is 23.5 Å². The van der Waals surface area contributed by atoms with Crippen molar-refractivity contribution in [3.63, 3.8) is 0 Å². The number of aromatic nitrogens is 2. The first-order chi connectivity index (χ1) is 12.0. The van der Waals surface area contributed by atoms with E-state index in [1.165, 1.54) is 24.3 Å². The highest BCUT2D eigenvalue weighted by molar-refractivity contribution is 5.79. The van der Waals surface area contributed by atoms with Gasteiger partial charge in [-0.15, -0.1) is 0 Å². The number of hydrogen-bond donors (Lipinski definition) is 1. The molecule has 1 heterocycles. The predicted molar refractivity (Wildman–Crippen MR) is 89.7 cm³/mol. The molecule has 0 saturated carbocycles. The van der Waals surface area contributed by atoms with Gasteiger partial charge in [-0.1, -0.05) is 24.3 Å². The Labute approximate surface area is 144 Å². The van der Waals surface area contributed by atoms with Gasteiger partial charge in [-0.3, -0.25) is 4.79 Å². The van der Waals surface area contributed by atoms with Crippen LogP contribution in [0.5, 0.6) is 0 Å². The molecule has 1 unspecified atom stereocenters. The molecule has 3 aromatic rings. The van der Waals surface area contributed by atoms with Crippen LogP contribution in [0.1, 0.15) is 23.0 Å². The van der Waals surface area contributed by atoms with Gasteiger partial charge < -0.3 is 9.88 Å². The van der Waals surface area contributed by atoms with Crippen molar-refractivity contribution in [2.45, 2.75) is 12.5 Å². The molecule has 25 heavy (non-hydrogen) atoms. The lowest BCUT2D eigenvalue weighted by atomic mass is 10.0. The number of rotatable bonds is 5. The number of benzene rings is 2. The van der Waals surface area contributed by atoms with E-state index < -0.39 is 6.04 Å². The van der Waals surface area contributed by atoms with Gasteiger partial charge in [0.2, 0.25) is 5.91 Å². The lowest BCUT2D eigenvalue weighted by Crippen LogP contribution is -2.32. The second kappa shape index (κ2) is 7.25. The Balaban J connectivity index is 1.82. The van der Waals surface area contributed by atoms with Gasteiger partial charge in [-0.25, -0.2) is 13.8 Å². The summed E-state index contributed by atoms with van der Waals surface area (Å²) in [4.78, 5) is 16.7. The van der Waals surface area contributed by atoms with E-state index in [2.05, 4.69) is 10.3 Å². The summed E-state index contributed by atoms with van der Waals surface area (Å²) in [7, 11) is 1.82. The number of carbonyl (C=O) groups excluding carboxylic acids is 1. The van der Waals surface area contributed by atoms with Gasteiger partial charge >= 0.3 is 0 Å². The first-order valence-electron chi connectivity index (χ1n) is 7.79. The Morgan fingerprint density at radius 1 is 1.08 bits per heavy atom. The highest BCUT2D eigenvalue weighted by Gasteiger charge is 2.20. The van der Waals surface area contributed by atoms with Crippen LogP contribution in [0, 0.1) is 11.6 Å². The van der Waals surface area contributed by atoms with Crippen LogP contribution in [0.15, 0.2) is 60.9 Å². The molecule has 1 amide bonds. The second-order valence-corrected chi connectivity index (χ2v) is 5.75. The average Bonchev–Trinajstić information content (AvgIpc) is 3.01. The van der Waals surface area contributed by atoms with Crippen LogP contribution in [0.3, 0.4) is 0 Å². The van der Waals surface area contributed by atoms with Crippen LogP contribution >= 0.6 is 0 Å². The maximum Gasteiger partial charge on any atom is 0.225 e. The van der Waals surface area contributed by atoms with Gasteiger partial charge in [-0.05, 0) is 35.4 Å². The molecule has 0 spiro atoms. The molecule has 128 valence electrons. The number of imidazole rings is 1. The summed E-state index contributed by atoms with van der Waals surface area (Å²) in [5.41, 5.74) is 1.43. The molecule has 0 fully saturated rings. The second-order valence-electron chi connectivity index (χ2n) is 5.75. The standard InChI is InChI=1S/C19H17F2N3O/c1-24-11-10-22-19(24)18(14-4-8-16(21)9-5-14)23-17(25)12-13-2-6-15(20)7-3-13/h2-11,18H,12H2,1H3,(H,23,25). The van der Waals surface area contributed by atoms with Crippen molar-refractivity contribution in [2.24, 2.45) is 7.05 Å². The van der Waals surface area contributed by atoms with Crippen molar-refractivity contribution in [2.75, 3.05) is 0 Å². The van der Waals surface area contributed by atoms with Gasteiger partial charge in [0.05, 0.1) is 6.42 Å². The van der Waals surface area contributed by atoms with Crippen LogP contribution in [-0.4, -0.2) is 15.5 Å². The molecule has 0 bridgehead atoms. The number of halogens is 2. The van der Waals surface area contributed by atoms with E-state index in [1.54, 1.807) is 41.2 Å². The van der Waals surface area contributed by atoms with Crippen molar-refractivity contribution >= 4 is 5.91 Å². The molecule has 0 aliphatic heterocycles. The molecular weight excluding hydrogens is 324 g/mol. The molecule has 6 heteroatoms. The lowest BCUT2D eigenvalue weighted by molar-refractivity contribution is -0.121. The third-order valence-electron chi connectivity index (χ3n) is 3.90. The van der Waals surface area contributed by atoms with E-state index in [9.17, 15) is 13.6 Å². The fourth-order valence-electron chi connectivity index (χ4n) is 2.61. The van der Waals surface area contributed by atoms with Crippen molar-refractivity contribution in [3.05, 3.63) is 89.5 Å². The molecule has 3 rings (SSSR count). The summed E-state index contributed by atoms with van der Waals surface area (Å²) in [5.74, 6) is -0.288. The molecule has 0 aliphatic carbocycles. The Hall–Kier alpha value is -3.02. The monoisotopic (exact) mass is 341 g/mol. The van der Waals surface area contributed by atoms with Gasteiger partial charge in [-0.2, -0.15) is 0 Å². The normalized spacial score (nSPS) is 12.0. The van der Waals surface area contributed by atoms with Gasteiger partial charge in [0, 0.05) is 19.4 Å². The zero-order valence-corrected chi connectivity index (χ0v) is 13.6. The number of amides is 1. The molecule has 0 aliphatic rings. The third-order valence-corrected chi connectivity index (χ3v) is 3.90. The minimum absolute atomic E-state index is 0.113. The predicted octanol–water partition coefficient (Wildman–Crippen LogP) is 3.15. The Kier molecular flexibility index (Phi) is 4.88. The van der Waals surface area contributed by atoms with E-state index in [1.807, 2.05) is 7.05 Å². The van der Waals surface area contributed by atoms with Crippen molar-refractivity contribution in [3.8, 4) is 0 Å². The third kappa shape index (κ3) is 4.09. The van der Waals surface area contributed by atoms with Gasteiger partial charge in [0.25, 0.3) is 0 Å². The van der Waals surface area contributed by atoms with Crippen LogP contribution in [0.4, 0.5) is 8.78 Å². The quantitative estimate of drug-likeness (QED) is 0.775. The van der Waals surface area contributed by atoms with E-state index in [-0.39, 0.29) is 24.0 Å². The first-order valence-corrected chi connectivity index (χ1v) is 7.79. The molecule has 0 radical (unpaired) electrons. The zero-order valence-electron chi connectivity index (χ0n) is 13.6. The van der Waals surface area contributed by atoms with E-state index >= 15 is 0 Å². The number of hydrogen-bond acceptors (Lipinski definition) is 2. The Morgan fingerprint density at radius 3 is 2.24 bits per heavy atom. The van der Waals surface area contributed by atoms with E-state index in [0.29, 0.717) is 11.4 Å². The fourth-order valence-corrected chi connectivity index (χ4v) is 2.61. The average molecular weight is 341 g/mol. The SMILES string of the molecule is Cn1ccnc1C(NC(=O)Cc1ccc(F)cc1)c1ccc(F)cc1. The van der Waals surface area contributed by atoms with Crippen molar-refractivity contribution in [1.82, 2.24) is 14.9 Å². The number of aryl methyl sites for hydroxylation is 1. The number of nitrogens with one attached hydrogen (secondary N) is 1. The van der Waals surface area contributed by atoms with Crippen LogP contribution in [-0.2, 0) is 18.3 Å². The number of nitrogens with zero attached hydrogens (tertiary/aromatic N) is 2. The number of carbonyl (C=O) groups is 1. The molecule has 1 atom stereocenters. The minimum Gasteiger partial charge on any atom is -0.342 e. The lowest BCUT2D eigenvalue weighted by Gasteiger charge is -2.19. The largest absolute Gasteiger partial charge is 0.342 e. The van der Waals surface area contributed by atoms with Crippen molar-refractivity contribution in [1.29, 1.82) is 0 Å². The maximum atomic E-state index is 13.2. The van der Waals surface area contributed by atoms with E-state index in [0.717, 1.165) is 5.56 Å². The summed E-state index contributed by atoms with van der Waals surface area (Å²) >= 11 is 0. The van der Waals surface area contributed by atoms with Crippen LogP contribution in [0.2, 0.25) is 0 Å². The topological polar surface area (TPSA) is 46.9 Å². The molecule has 1 N–H and O–H groups in total. The molecule has 2 aromatic carbocycles. The molecular formula is C19H17F2N3O. The fraction of sp³-hybridized carbons (Fsp3) is 0.158. The summed E-state index contributed by atoms with van der Waals surface area (Å²) in [5, 5.41) is 2.92. The summed E-state index contributed by atoms with van der Waals surface area (Å²) in [6.45, 7) is 0. The van der Waals surface area contributed by atoms with Crippen LogP contribution in [0.25, 0.3) is 0 Å².